The van der Waals surface area contributed by atoms with Crippen LogP contribution < -0.4 is 0 Å². The first-order chi connectivity index (χ1) is 2.50. The summed E-state index contributed by atoms with van der Waals surface area (Å²) in [6, 6.07) is 3.89. The van der Waals surface area contributed by atoms with Gasteiger partial charge in [0.05, 0.1) is 0 Å². The summed E-state index contributed by atoms with van der Waals surface area (Å²) in [4.78, 5) is 2.86. The molecule has 9 N–H and O–H groups in total. The standard InChI is InChI=1S/C4H5N.4H2O/c1-2-4-5-3-1;;;;/h1-5H;4*1H2. The molecule has 0 aliphatic rings. The van der Waals surface area contributed by atoms with Gasteiger partial charge in [0.25, 0.3) is 0 Å². The lowest BCUT2D eigenvalue weighted by atomic mass is 10.7. The minimum atomic E-state index is 0. The van der Waals surface area contributed by atoms with E-state index in [1.807, 2.05) is 24.5 Å². The van der Waals surface area contributed by atoms with Crippen LogP contribution in [0.1, 0.15) is 0 Å². The Kier molecular flexibility index (Phi) is 42.3. The Labute approximate surface area is 52.6 Å². The van der Waals surface area contributed by atoms with Crippen molar-refractivity contribution >= 4 is 0 Å². The van der Waals surface area contributed by atoms with E-state index in [0.29, 0.717) is 0 Å². The quantitative estimate of drug-likeness (QED) is 0.413. The van der Waals surface area contributed by atoms with Gasteiger partial charge in [0.1, 0.15) is 0 Å². The molecule has 0 spiro atoms. The van der Waals surface area contributed by atoms with Gasteiger partial charge in [-0.3, -0.25) is 0 Å². The second-order valence-electron chi connectivity index (χ2n) is 0.885. The highest BCUT2D eigenvalue weighted by Crippen LogP contribution is 1.72. The topological polar surface area (TPSA) is 142 Å². The Morgan fingerprint density at radius 2 is 1.00 bits per heavy atom. The Morgan fingerprint density at radius 1 is 0.667 bits per heavy atom. The first-order valence-corrected chi connectivity index (χ1v) is 1.58. The first kappa shape index (κ1) is 24.3. The van der Waals surface area contributed by atoms with E-state index in [4.69, 9.17) is 0 Å². The summed E-state index contributed by atoms with van der Waals surface area (Å²) in [6.45, 7) is 0. The third kappa shape index (κ3) is 11.0. The highest BCUT2D eigenvalue weighted by Gasteiger charge is 1.55. The van der Waals surface area contributed by atoms with E-state index < -0.39 is 0 Å². The zero-order valence-corrected chi connectivity index (χ0v) is 4.81. The second kappa shape index (κ2) is 15.7. The molecule has 0 bridgehead atoms. The minimum Gasteiger partial charge on any atom is -0.412 e. The normalized spacial score (nSPS) is 4.44. The van der Waals surface area contributed by atoms with Crippen LogP contribution in [0.2, 0.25) is 0 Å². The van der Waals surface area contributed by atoms with Gasteiger partial charge < -0.3 is 26.9 Å². The molecule has 0 atom stereocenters. The fourth-order valence-electron chi connectivity index (χ4n) is 0.278. The van der Waals surface area contributed by atoms with Crippen molar-refractivity contribution in [2.75, 3.05) is 0 Å². The van der Waals surface area contributed by atoms with E-state index in [9.17, 15) is 0 Å². The number of rotatable bonds is 0. The molecule has 0 saturated heterocycles. The average molecular weight is 139 g/mol. The monoisotopic (exact) mass is 139 g/mol. The van der Waals surface area contributed by atoms with Gasteiger partial charge in [-0.05, 0) is 12.1 Å². The van der Waals surface area contributed by atoms with Gasteiger partial charge in [0, 0.05) is 12.4 Å². The summed E-state index contributed by atoms with van der Waals surface area (Å²) in [7, 11) is 0. The molecule has 0 radical (unpaired) electrons. The van der Waals surface area contributed by atoms with Gasteiger partial charge in [0.15, 0.2) is 0 Å². The van der Waals surface area contributed by atoms with Crippen molar-refractivity contribution in [2.45, 2.75) is 0 Å². The van der Waals surface area contributed by atoms with Gasteiger partial charge in [-0.25, -0.2) is 0 Å². The van der Waals surface area contributed by atoms with Crippen molar-refractivity contribution in [3.05, 3.63) is 24.5 Å². The summed E-state index contributed by atoms with van der Waals surface area (Å²) in [5, 5.41) is 0. The van der Waals surface area contributed by atoms with Crippen LogP contribution in [0, 0.1) is 0 Å². The fraction of sp³-hybridized carbons (Fsp3) is 0. The zero-order chi connectivity index (χ0) is 3.54. The van der Waals surface area contributed by atoms with Gasteiger partial charge in [-0.1, -0.05) is 0 Å². The molecule has 58 valence electrons. The summed E-state index contributed by atoms with van der Waals surface area (Å²) >= 11 is 0. The molecule has 9 heavy (non-hydrogen) atoms. The molecule has 0 unspecified atom stereocenters. The highest BCUT2D eigenvalue weighted by molar-refractivity contribution is 4.84. The lowest BCUT2D eigenvalue weighted by Gasteiger charge is -1.49. The van der Waals surface area contributed by atoms with E-state index in [1.165, 1.54) is 0 Å². The maximum atomic E-state index is 2.86. The Bertz CT molecular complexity index is 69.0. The molecule has 0 saturated carbocycles. The van der Waals surface area contributed by atoms with Crippen molar-refractivity contribution in [2.24, 2.45) is 0 Å². The molecular weight excluding hydrogens is 126 g/mol. The Hall–Kier alpha value is -0.880. The Morgan fingerprint density at radius 3 is 1.11 bits per heavy atom. The minimum absolute atomic E-state index is 0. The van der Waals surface area contributed by atoms with Crippen LogP contribution >= 0.6 is 0 Å². The van der Waals surface area contributed by atoms with Crippen LogP contribution in [0.3, 0.4) is 0 Å². The molecule has 1 aromatic heterocycles. The molecule has 0 aliphatic carbocycles. The van der Waals surface area contributed by atoms with Gasteiger partial charge in [-0.2, -0.15) is 0 Å². The highest BCUT2D eigenvalue weighted by atomic mass is 16.0. The van der Waals surface area contributed by atoms with Gasteiger partial charge in [0.2, 0.25) is 0 Å². The second-order valence-corrected chi connectivity index (χ2v) is 0.885. The number of aromatic nitrogens is 1. The predicted molar refractivity (Wildman–Crippen MR) is 35.2 cm³/mol. The largest absolute Gasteiger partial charge is 0.412 e. The third-order valence-electron chi connectivity index (χ3n) is 0.496. The SMILES string of the molecule is O.O.O.O.c1cc[nH]c1. The van der Waals surface area contributed by atoms with Gasteiger partial charge >= 0.3 is 0 Å². The summed E-state index contributed by atoms with van der Waals surface area (Å²) in [5.41, 5.74) is 0. The van der Waals surface area contributed by atoms with Crippen molar-refractivity contribution in [1.29, 1.82) is 0 Å². The van der Waals surface area contributed by atoms with Crippen LogP contribution in [-0.4, -0.2) is 26.9 Å². The van der Waals surface area contributed by atoms with E-state index in [2.05, 4.69) is 4.98 Å². The van der Waals surface area contributed by atoms with Crippen LogP contribution in [0.4, 0.5) is 0 Å². The molecule has 0 fully saturated rings. The van der Waals surface area contributed by atoms with Crippen LogP contribution in [0.15, 0.2) is 24.5 Å². The number of aromatic amines is 1. The van der Waals surface area contributed by atoms with E-state index in [-0.39, 0.29) is 21.9 Å². The number of hydrogen-bond acceptors (Lipinski definition) is 0. The molecular formula is C4H13NO4. The number of hydrogen-bond donors (Lipinski definition) is 1. The van der Waals surface area contributed by atoms with Gasteiger partial charge in [-0.15, -0.1) is 0 Å². The molecule has 5 heteroatoms. The third-order valence-corrected chi connectivity index (χ3v) is 0.496. The maximum absolute atomic E-state index is 2.86. The molecule has 1 rings (SSSR count). The molecule has 1 aromatic rings. The fourth-order valence-corrected chi connectivity index (χ4v) is 0.278. The Balaban J connectivity index is -0.0000000312. The lowest BCUT2D eigenvalue weighted by Crippen LogP contribution is -1.38. The van der Waals surface area contributed by atoms with E-state index in [1.54, 1.807) is 0 Å². The number of nitrogens with one attached hydrogen (secondary N) is 1. The zero-order valence-electron chi connectivity index (χ0n) is 4.81. The smallest absolute Gasteiger partial charge is 0.000496 e. The summed E-state index contributed by atoms with van der Waals surface area (Å²) in [6.07, 6.45) is 3.75. The van der Waals surface area contributed by atoms with E-state index >= 15 is 0 Å². The molecule has 1 heterocycles. The summed E-state index contributed by atoms with van der Waals surface area (Å²) in [5.74, 6) is 0. The first-order valence-electron chi connectivity index (χ1n) is 1.58. The summed E-state index contributed by atoms with van der Waals surface area (Å²) < 4.78 is 0. The predicted octanol–water partition coefficient (Wildman–Crippen LogP) is -2.28. The average Bonchev–Trinajstić information content (AvgIpc) is 1.76. The lowest BCUT2D eigenvalue weighted by molar-refractivity contribution is 0.823. The van der Waals surface area contributed by atoms with Crippen LogP contribution in [-0.2, 0) is 0 Å². The molecule has 0 aliphatic heterocycles. The maximum Gasteiger partial charge on any atom is 0.000496 e. The van der Waals surface area contributed by atoms with E-state index in [0.717, 1.165) is 0 Å². The van der Waals surface area contributed by atoms with Crippen molar-refractivity contribution < 1.29 is 21.9 Å². The molecule has 0 amide bonds. The van der Waals surface area contributed by atoms with Crippen LogP contribution in [0.25, 0.3) is 0 Å². The van der Waals surface area contributed by atoms with Crippen molar-refractivity contribution in [3.63, 3.8) is 0 Å². The van der Waals surface area contributed by atoms with Crippen molar-refractivity contribution in [1.82, 2.24) is 4.98 Å². The van der Waals surface area contributed by atoms with Crippen LogP contribution in [0.5, 0.6) is 0 Å². The molecule has 5 nitrogen and oxygen atoms in total. The van der Waals surface area contributed by atoms with Crippen molar-refractivity contribution in [3.8, 4) is 0 Å². The molecule has 0 aromatic carbocycles. The number of H-pyrrole nitrogens is 1.